The summed E-state index contributed by atoms with van der Waals surface area (Å²) >= 11 is 1.76. The highest BCUT2D eigenvalue weighted by Crippen LogP contribution is 2.32. The van der Waals surface area contributed by atoms with Crippen molar-refractivity contribution in [2.45, 2.75) is 31.9 Å². The number of fused-ring (bicyclic) bond motifs is 1. The van der Waals surface area contributed by atoms with Gasteiger partial charge in [0.25, 0.3) is 0 Å². The number of hydrogen-bond donors (Lipinski definition) is 0. The summed E-state index contributed by atoms with van der Waals surface area (Å²) in [6, 6.07) is 0. The van der Waals surface area contributed by atoms with Crippen LogP contribution in [0.4, 0.5) is 0 Å². The van der Waals surface area contributed by atoms with Gasteiger partial charge in [0.2, 0.25) is 0 Å². The Labute approximate surface area is 131 Å². The summed E-state index contributed by atoms with van der Waals surface area (Å²) in [5.41, 5.74) is 0. The molecular formula is C16H25N3OS. The lowest BCUT2D eigenvalue weighted by atomic mass is 9.93. The lowest BCUT2D eigenvalue weighted by Crippen LogP contribution is -2.46. The molecule has 0 radical (unpaired) electrons. The predicted molar refractivity (Wildman–Crippen MR) is 84.4 cm³/mol. The van der Waals surface area contributed by atoms with Crippen LogP contribution in [0.5, 0.6) is 0 Å². The lowest BCUT2D eigenvalue weighted by molar-refractivity contribution is -0.0242. The van der Waals surface area contributed by atoms with E-state index in [2.05, 4.69) is 20.2 Å². The van der Waals surface area contributed by atoms with E-state index < -0.39 is 0 Å². The Morgan fingerprint density at radius 2 is 2.14 bits per heavy atom. The molecule has 0 bridgehead atoms. The summed E-state index contributed by atoms with van der Waals surface area (Å²) < 4.78 is 6.19. The summed E-state index contributed by atoms with van der Waals surface area (Å²) in [4.78, 5) is 9.60. The molecule has 3 heterocycles. The molecule has 4 rings (SSSR count). The molecular weight excluding hydrogens is 282 g/mol. The van der Waals surface area contributed by atoms with Crippen LogP contribution in [-0.2, 0) is 11.3 Å². The zero-order chi connectivity index (χ0) is 14.1. The molecule has 3 fully saturated rings. The van der Waals surface area contributed by atoms with E-state index in [1.165, 1.54) is 43.9 Å². The Morgan fingerprint density at radius 1 is 1.19 bits per heavy atom. The molecule has 1 aromatic heterocycles. The zero-order valence-corrected chi connectivity index (χ0v) is 13.4. The third-order valence-corrected chi connectivity index (χ3v) is 5.83. The maximum atomic E-state index is 6.19. The zero-order valence-electron chi connectivity index (χ0n) is 12.6. The molecule has 2 aliphatic heterocycles. The fraction of sp³-hybridized carbons (Fsp3) is 0.812. The number of nitrogens with zero attached hydrogens (tertiary/aromatic N) is 3. The van der Waals surface area contributed by atoms with Gasteiger partial charge < -0.3 is 9.64 Å². The second kappa shape index (κ2) is 6.32. The fourth-order valence-corrected chi connectivity index (χ4v) is 4.34. The van der Waals surface area contributed by atoms with E-state index in [-0.39, 0.29) is 0 Å². The topological polar surface area (TPSA) is 28.6 Å². The molecule has 0 unspecified atom stereocenters. The van der Waals surface area contributed by atoms with Gasteiger partial charge in [0.15, 0.2) is 0 Å². The summed E-state index contributed by atoms with van der Waals surface area (Å²) in [5.74, 6) is 1.73. The molecule has 2 saturated heterocycles. The molecule has 21 heavy (non-hydrogen) atoms. The van der Waals surface area contributed by atoms with E-state index in [1.54, 1.807) is 11.3 Å². The van der Waals surface area contributed by atoms with Crippen LogP contribution in [0.3, 0.4) is 0 Å². The SMILES string of the molecule is c1csc(CN2CC[C@H]3CN(CC4CC4)CCO[C@H]3C2)n1. The molecule has 3 aliphatic rings. The van der Waals surface area contributed by atoms with Crippen molar-refractivity contribution in [3.05, 3.63) is 16.6 Å². The average molecular weight is 307 g/mol. The first kappa shape index (κ1) is 14.1. The highest BCUT2D eigenvalue weighted by Gasteiger charge is 2.35. The van der Waals surface area contributed by atoms with Gasteiger partial charge in [-0.2, -0.15) is 0 Å². The molecule has 116 valence electrons. The Bertz CT molecular complexity index is 448. The third-order valence-electron chi connectivity index (χ3n) is 5.07. The Kier molecular flexibility index (Phi) is 4.25. The molecule has 4 nitrogen and oxygen atoms in total. The average Bonchev–Trinajstić information content (AvgIpc) is 3.20. The van der Waals surface area contributed by atoms with E-state index in [0.29, 0.717) is 6.10 Å². The normalized spacial score (nSPS) is 31.8. The minimum Gasteiger partial charge on any atom is -0.375 e. The van der Waals surface area contributed by atoms with Crippen molar-refractivity contribution < 1.29 is 4.74 Å². The highest BCUT2D eigenvalue weighted by molar-refractivity contribution is 7.09. The maximum Gasteiger partial charge on any atom is 0.107 e. The number of thiazole rings is 1. The second-order valence-corrected chi connectivity index (χ2v) is 7.80. The minimum atomic E-state index is 0.433. The number of aromatic nitrogens is 1. The van der Waals surface area contributed by atoms with Crippen LogP contribution >= 0.6 is 11.3 Å². The monoisotopic (exact) mass is 307 g/mol. The summed E-state index contributed by atoms with van der Waals surface area (Å²) in [5, 5.41) is 3.30. The van der Waals surface area contributed by atoms with Gasteiger partial charge in [0, 0.05) is 43.7 Å². The van der Waals surface area contributed by atoms with Gasteiger partial charge in [0.05, 0.1) is 19.3 Å². The molecule has 0 aromatic carbocycles. The van der Waals surface area contributed by atoms with E-state index in [1.807, 2.05) is 6.20 Å². The highest BCUT2D eigenvalue weighted by atomic mass is 32.1. The van der Waals surface area contributed by atoms with Crippen molar-refractivity contribution >= 4 is 11.3 Å². The minimum absolute atomic E-state index is 0.433. The standard InChI is InChI=1S/C16H25N3OS/c1-2-13(1)9-19-6-7-20-15-11-18(5-3-14(15)10-19)12-16-17-4-8-21-16/h4,8,13-15H,1-3,5-7,9-12H2/t14-,15-/m0/s1. The largest absolute Gasteiger partial charge is 0.375 e. The van der Waals surface area contributed by atoms with Crippen LogP contribution in [0, 0.1) is 11.8 Å². The first-order chi connectivity index (χ1) is 10.4. The Balaban J connectivity index is 1.33. The summed E-state index contributed by atoms with van der Waals surface area (Å²) in [7, 11) is 0. The van der Waals surface area contributed by atoms with Gasteiger partial charge >= 0.3 is 0 Å². The third kappa shape index (κ3) is 3.65. The van der Waals surface area contributed by atoms with Gasteiger partial charge in [-0.3, -0.25) is 4.90 Å². The van der Waals surface area contributed by atoms with Gasteiger partial charge in [-0.1, -0.05) is 0 Å². The Hall–Kier alpha value is -0.490. The molecule has 0 spiro atoms. The van der Waals surface area contributed by atoms with Crippen molar-refractivity contribution in [3.63, 3.8) is 0 Å². The quantitative estimate of drug-likeness (QED) is 0.851. The van der Waals surface area contributed by atoms with E-state index in [0.717, 1.165) is 38.1 Å². The molecule has 0 N–H and O–H groups in total. The van der Waals surface area contributed by atoms with Gasteiger partial charge in [0.1, 0.15) is 5.01 Å². The van der Waals surface area contributed by atoms with E-state index >= 15 is 0 Å². The second-order valence-electron chi connectivity index (χ2n) is 6.82. The van der Waals surface area contributed by atoms with Crippen LogP contribution in [0.2, 0.25) is 0 Å². The van der Waals surface area contributed by atoms with Crippen LogP contribution in [0.1, 0.15) is 24.3 Å². The van der Waals surface area contributed by atoms with Crippen molar-refractivity contribution in [2.24, 2.45) is 11.8 Å². The molecule has 2 atom stereocenters. The van der Waals surface area contributed by atoms with Gasteiger partial charge in [-0.05, 0) is 31.7 Å². The van der Waals surface area contributed by atoms with E-state index in [4.69, 9.17) is 4.74 Å². The molecule has 1 aromatic rings. The molecule has 0 amide bonds. The van der Waals surface area contributed by atoms with Crippen molar-refractivity contribution in [1.82, 2.24) is 14.8 Å². The molecule has 1 saturated carbocycles. The number of piperidine rings is 1. The van der Waals surface area contributed by atoms with Crippen molar-refractivity contribution in [1.29, 1.82) is 0 Å². The number of rotatable bonds is 4. The fourth-order valence-electron chi connectivity index (χ4n) is 3.68. The summed E-state index contributed by atoms with van der Waals surface area (Å²) in [6.45, 7) is 7.90. The van der Waals surface area contributed by atoms with Gasteiger partial charge in [-0.15, -0.1) is 11.3 Å². The lowest BCUT2D eigenvalue weighted by Gasteiger charge is -2.37. The predicted octanol–water partition coefficient (Wildman–Crippen LogP) is 2.08. The Morgan fingerprint density at radius 3 is 2.95 bits per heavy atom. The number of ether oxygens (including phenoxy) is 1. The van der Waals surface area contributed by atoms with Crippen molar-refractivity contribution in [3.8, 4) is 0 Å². The van der Waals surface area contributed by atoms with Crippen LogP contribution in [-0.4, -0.2) is 60.2 Å². The van der Waals surface area contributed by atoms with Crippen LogP contribution < -0.4 is 0 Å². The van der Waals surface area contributed by atoms with Crippen LogP contribution in [0.25, 0.3) is 0 Å². The van der Waals surface area contributed by atoms with Crippen LogP contribution in [0.15, 0.2) is 11.6 Å². The maximum absolute atomic E-state index is 6.19. The smallest absolute Gasteiger partial charge is 0.107 e. The molecule has 5 heteroatoms. The van der Waals surface area contributed by atoms with Gasteiger partial charge in [-0.25, -0.2) is 4.98 Å². The molecule has 1 aliphatic carbocycles. The summed E-state index contributed by atoms with van der Waals surface area (Å²) in [6.07, 6.45) is 6.52. The first-order valence-corrected chi connectivity index (χ1v) is 9.19. The number of likely N-dealkylation sites (tertiary alicyclic amines) is 1. The van der Waals surface area contributed by atoms with Crippen molar-refractivity contribution in [2.75, 3.05) is 39.3 Å². The van der Waals surface area contributed by atoms with E-state index in [9.17, 15) is 0 Å². The first-order valence-electron chi connectivity index (χ1n) is 8.31. The number of hydrogen-bond acceptors (Lipinski definition) is 5.